The van der Waals surface area contributed by atoms with Gasteiger partial charge in [0.1, 0.15) is 42.2 Å². The number of phosphoric acid groups is 1. The second kappa shape index (κ2) is 5.22. The van der Waals surface area contributed by atoms with Crippen LogP contribution in [0.5, 0.6) is 0 Å². The summed E-state index contributed by atoms with van der Waals surface area (Å²) in [7, 11) is -4.22. The molecule has 2 fully saturated rings. The maximum atomic E-state index is 11.5. The van der Waals surface area contributed by atoms with E-state index in [1.54, 1.807) is 0 Å². The standard InChI is InChI=1S/C12H12N5O6P/c13-1-5-2-17(11-7(5)10(14)15-4-16-11)12-8(18)9-6(22-12)3-21-24(19,20)23-9/h2,4,6,8-9,12,18H,3H2,(H,19,20)(H2,14,15,16)/t6?,8-,9?,12-/m1/s1. The summed E-state index contributed by atoms with van der Waals surface area (Å²) >= 11 is 0. The highest BCUT2D eigenvalue weighted by molar-refractivity contribution is 7.47. The van der Waals surface area contributed by atoms with Gasteiger partial charge in [-0.2, -0.15) is 5.26 Å². The van der Waals surface area contributed by atoms with Crippen LogP contribution in [0.4, 0.5) is 5.82 Å². The van der Waals surface area contributed by atoms with E-state index in [0.29, 0.717) is 11.0 Å². The van der Waals surface area contributed by atoms with Gasteiger partial charge in [-0.05, 0) is 0 Å². The maximum Gasteiger partial charge on any atom is 0.472 e. The summed E-state index contributed by atoms with van der Waals surface area (Å²) in [5.41, 5.74) is 6.32. The van der Waals surface area contributed by atoms with Crippen LogP contribution in [0.1, 0.15) is 11.8 Å². The summed E-state index contributed by atoms with van der Waals surface area (Å²) < 4.78 is 28.2. The molecule has 2 aromatic heterocycles. The minimum Gasteiger partial charge on any atom is -0.386 e. The van der Waals surface area contributed by atoms with E-state index < -0.39 is 32.4 Å². The van der Waals surface area contributed by atoms with Crippen LogP contribution in [-0.2, 0) is 18.3 Å². The number of nitrogen functional groups attached to an aromatic ring is 1. The molecule has 0 aromatic carbocycles. The van der Waals surface area contributed by atoms with Crippen molar-refractivity contribution in [3.05, 3.63) is 18.1 Å². The molecule has 126 valence electrons. The van der Waals surface area contributed by atoms with Crippen LogP contribution in [0.2, 0.25) is 0 Å². The quantitative estimate of drug-likeness (QED) is 0.577. The smallest absolute Gasteiger partial charge is 0.386 e. The summed E-state index contributed by atoms with van der Waals surface area (Å²) in [6.45, 7) is -0.201. The summed E-state index contributed by atoms with van der Waals surface area (Å²) in [6.07, 6.45) is -1.37. The highest BCUT2D eigenvalue weighted by atomic mass is 31.2. The Kier molecular flexibility index (Phi) is 3.36. The molecule has 0 amide bonds. The van der Waals surface area contributed by atoms with Crippen LogP contribution in [0.25, 0.3) is 11.0 Å². The molecule has 2 aliphatic heterocycles. The summed E-state index contributed by atoms with van der Waals surface area (Å²) in [5.74, 6) is 0.125. The number of phosphoric ester groups is 1. The lowest BCUT2D eigenvalue weighted by molar-refractivity contribution is -0.0663. The number of aromatic nitrogens is 3. The molecule has 11 nitrogen and oxygen atoms in total. The van der Waals surface area contributed by atoms with Crippen molar-refractivity contribution >= 4 is 24.7 Å². The number of nitrogens with two attached hydrogens (primary N) is 1. The van der Waals surface area contributed by atoms with E-state index in [1.165, 1.54) is 17.1 Å². The number of nitriles is 1. The molecule has 2 aliphatic rings. The fourth-order valence-electron chi connectivity index (χ4n) is 2.95. The fraction of sp³-hybridized carbons (Fsp3) is 0.417. The number of hydrogen-bond donors (Lipinski definition) is 3. The maximum absolute atomic E-state index is 11.5. The van der Waals surface area contributed by atoms with Crippen molar-refractivity contribution in [1.29, 1.82) is 5.26 Å². The van der Waals surface area contributed by atoms with Gasteiger partial charge in [0.15, 0.2) is 6.23 Å². The zero-order valence-electron chi connectivity index (χ0n) is 12.0. The van der Waals surface area contributed by atoms with E-state index in [0.717, 1.165) is 0 Å². The predicted molar refractivity (Wildman–Crippen MR) is 77.2 cm³/mol. The van der Waals surface area contributed by atoms with E-state index in [9.17, 15) is 19.8 Å². The molecule has 5 atom stereocenters. The van der Waals surface area contributed by atoms with Crippen molar-refractivity contribution in [2.75, 3.05) is 12.3 Å². The third-order valence-corrected chi connectivity index (χ3v) is 4.98. The van der Waals surface area contributed by atoms with Crippen LogP contribution in [0.3, 0.4) is 0 Å². The minimum atomic E-state index is -4.22. The van der Waals surface area contributed by atoms with Crippen molar-refractivity contribution in [3.8, 4) is 6.07 Å². The molecule has 0 spiro atoms. The first-order chi connectivity index (χ1) is 11.4. The monoisotopic (exact) mass is 353 g/mol. The van der Waals surface area contributed by atoms with Gasteiger partial charge in [-0.25, -0.2) is 14.5 Å². The molecule has 0 aliphatic carbocycles. The Bertz CT molecular complexity index is 909. The number of aliphatic hydroxyl groups excluding tert-OH is 1. The Balaban J connectivity index is 1.78. The Morgan fingerprint density at radius 3 is 3.04 bits per heavy atom. The van der Waals surface area contributed by atoms with Gasteiger partial charge in [-0.1, -0.05) is 0 Å². The third kappa shape index (κ3) is 2.21. The van der Waals surface area contributed by atoms with Gasteiger partial charge in [0.2, 0.25) is 0 Å². The summed E-state index contributed by atoms with van der Waals surface area (Å²) in [6, 6.07) is 1.99. The molecular weight excluding hydrogens is 341 g/mol. The van der Waals surface area contributed by atoms with E-state index in [-0.39, 0.29) is 18.0 Å². The second-order valence-corrected chi connectivity index (χ2v) is 6.82. The van der Waals surface area contributed by atoms with Crippen LogP contribution >= 0.6 is 7.82 Å². The van der Waals surface area contributed by atoms with Gasteiger partial charge >= 0.3 is 7.82 Å². The van der Waals surface area contributed by atoms with Crippen LogP contribution < -0.4 is 5.73 Å². The number of aliphatic hydroxyl groups is 1. The van der Waals surface area contributed by atoms with Gasteiger partial charge in [-0.3, -0.25) is 9.05 Å². The average molecular weight is 353 g/mol. The lowest BCUT2D eigenvalue weighted by Gasteiger charge is -2.27. The van der Waals surface area contributed by atoms with Crippen LogP contribution in [0.15, 0.2) is 12.5 Å². The van der Waals surface area contributed by atoms with Gasteiger partial charge in [-0.15, -0.1) is 0 Å². The topological polar surface area (TPSA) is 166 Å². The number of hydrogen-bond acceptors (Lipinski definition) is 9. The Hall–Kier alpha value is -2.06. The highest BCUT2D eigenvalue weighted by Crippen LogP contribution is 2.52. The summed E-state index contributed by atoms with van der Waals surface area (Å²) in [5, 5.41) is 20.1. The first-order valence-corrected chi connectivity index (χ1v) is 8.41. The lowest BCUT2D eigenvalue weighted by atomic mass is 10.1. The Labute approximate surface area is 134 Å². The molecule has 12 heteroatoms. The van der Waals surface area contributed by atoms with Crippen molar-refractivity contribution in [3.63, 3.8) is 0 Å². The predicted octanol–water partition coefficient (Wildman–Crippen LogP) is -0.341. The van der Waals surface area contributed by atoms with E-state index in [2.05, 4.69) is 9.97 Å². The number of fused-ring (bicyclic) bond motifs is 2. The number of ether oxygens (including phenoxy) is 1. The molecule has 4 heterocycles. The van der Waals surface area contributed by atoms with Gasteiger partial charge in [0, 0.05) is 6.20 Å². The number of rotatable bonds is 1. The first kappa shape index (κ1) is 15.5. The van der Waals surface area contributed by atoms with Gasteiger partial charge in [0.25, 0.3) is 0 Å². The van der Waals surface area contributed by atoms with Crippen molar-refractivity contribution in [2.45, 2.75) is 24.5 Å². The van der Waals surface area contributed by atoms with Crippen LogP contribution in [0, 0.1) is 11.3 Å². The average Bonchev–Trinajstić information content (AvgIpc) is 3.06. The zero-order chi connectivity index (χ0) is 17.1. The number of nitrogens with zero attached hydrogens (tertiary/aromatic N) is 4. The van der Waals surface area contributed by atoms with Gasteiger partial charge in [0.05, 0.1) is 17.6 Å². The Morgan fingerprint density at radius 1 is 1.50 bits per heavy atom. The van der Waals surface area contributed by atoms with Crippen LogP contribution in [-0.4, -0.2) is 49.5 Å². The molecule has 2 aromatic rings. The molecule has 4 N–H and O–H groups in total. The molecule has 3 unspecified atom stereocenters. The zero-order valence-corrected chi connectivity index (χ0v) is 12.9. The second-order valence-electron chi connectivity index (χ2n) is 5.41. The van der Waals surface area contributed by atoms with Crippen molar-refractivity contribution in [2.24, 2.45) is 0 Å². The molecule has 24 heavy (non-hydrogen) atoms. The lowest BCUT2D eigenvalue weighted by Crippen LogP contribution is -2.39. The minimum absolute atomic E-state index is 0.125. The third-order valence-electron chi connectivity index (χ3n) is 4.00. The molecule has 4 rings (SSSR count). The van der Waals surface area contributed by atoms with Gasteiger partial charge < -0.3 is 25.0 Å². The fourth-order valence-corrected chi connectivity index (χ4v) is 3.92. The summed E-state index contributed by atoms with van der Waals surface area (Å²) in [4.78, 5) is 17.3. The SMILES string of the molecule is N#Cc1cn([C@@H]2OC3COP(=O)(O)OC3[C@H]2O)c2ncnc(N)c12. The number of anilines is 1. The highest BCUT2D eigenvalue weighted by Gasteiger charge is 2.52. The molecule has 0 radical (unpaired) electrons. The molecule has 0 saturated carbocycles. The van der Waals surface area contributed by atoms with Crippen molar-refractivity contribution < 1.29 is 28.3 Å². The first-order valence-electron chi connectivity index (χ1n) is 6.91. The molecule has 2 saturated heterocycles. The van der Waals surface area contributed by atoms with E-state index in [1.807, 2.05) is 6.07 Å². The largest absolute Gasteiger partial charge is 0.472 e. The van der Waals surface area contributed by atoms with Crippen molar-refractivity contribution in [1.82, 2.24) is 14.5 Å². The van der Waals surface area contributed by atoms with E-state index >= 15 is 0 Å². The Morgan fingerprint density at radius 2 is 2.29 bits per heavy atom. The van der Waals surface area contributed by atoms with E-state index in [4.69, 9.17) is 19.5 Å². The molecular formula is C12H12N5O6P. The normalized spacial score (nSPS) is 35.7. The molecule has 0 bridgehead atoms.